The van der Waals surface area contributed by atoms with Crippen LogP contribution in [0.2, 0.25) is 0 Å². The first-order valence-electron chi connectivity index (χ1n) is 8.79. The van der Waals surface area contributed by atoms with Crippen LogP contribution in [0, 0.1) is 27.7 Å². The summed E-state index contributed by atoms with van der Waals surface area (Å²) in [6.45, 7) is 8.26. The van der Waals surface area contributed by atoms with Crippen LogP contribution in [0.5, 0.6) is 0 Å². The summed E-state index contributed by atoms with van der Waals surface area (Å²) < 4.78 is 29.0. The van der Waals surface area contributed by atoms with Gasteiger partial charge >= 0.3 is 0 Å². The van der Waals surface area contributed by atoms with Crippen molar-refractivity contribution in [3.63, 3.8) is 0 Å². The molecule has 0 amide bonds. The number of aromatic nitrogens is 1. The third-order valence-corrected chi connectivity index (χ3v) is 7.70. The van der Waals surface area contributed by atoms with Crippen molar-refractivity contribution in [2.24, 2.45) is 0 Å². The average molecular weight is 401 g/mol. The minimum Gasteiger partial charge on any atom is -0.260 e. The standard InChI is InChI=1S/C21H24N2O2S2/c1-15-11-16(2)18(4)21(17(15)3)27(24,25)23(12-19-8-10-26-14-19)13-20-7-5-6-9-22-20/h5-11,14H,12-13H2,1-4H3. The van der Waals surface area contributed by atoms with Crippen molar-refractivity contribution in [3.8, 4) is 0 Å². The van der Waals surface area contributed by atoms with E-state index in [1.807, 2.05) is 68.8 Å². The normalized spacial score (nSPS) is 11.9. The van der Waals surface area contributed by atoms with Gasteiger partial charge in [-0.15, -0.1) is 0 Å². The molecular weight excluding hydrogens is 376 g/mol. The summed E-state index contributed by atoms with van der Waals surface area (Å²) in [5.74, 6) is 0. The second kappa shape index (κ2) is 7.92. The van der Waals surface area contributed by atoms with Gasteiger partial charge < -0.3 is 0 Å². The lowest BCUT2D eigenvalue weighted by Crippen LogP contribution is -2.31. The maximum atomic E-state index is 13.7. The molecule has 0 saturated carbocycles. The van der Waals surface area contributed by atoms with Crippen molar-refractivity contribution in [1.82, 2.24) is 9.29 Å². The Hall–Kier alpha value is -2.02. The van der Waals surface area contributed by atoms with E-state index in [2.05, 4.69) is 4.98 Å². The number of hydrogen-bond acceptors (Lipinski definition) is 4. The number of benzene rings is 1. The van der Waals surface area contributed by atoms with Crippen molar-refractivity contribution in [3.05, 3.63) is 80.8 Å². The van der Waals surface area contributed by atoms with E-state index in [9.17, 15) is 8.42 Å². The molecule has 0 saturated heterocycles. The van der Waals surface area contributed by atoms with Gasteiger partial charge in [0, 0.05) is 12.7 Å². The van der Waals surface area contributed by atoms with E-state index in [0.717, 1.165) is 33.5 Å². The fraction of sp³-hybridized carbons (Fsp3) is 0.286. The van der Waals surface area contributed by atoms with Crippen LogP contribution >= 0.6 is 11.3 Å². The molecule has 0 spiro atoms. The van der Waals surface area contributed by atoms with Gasteiger partial charge in [-0.25, -0.2) is 8.42 Å². The first-order chi connectivity index (χ1) is 12.8. The molecule has 27 heavy (non-hydrogen) atoms. The molecule has 0 aliphatic rings. The number of thiophene rings is 1. The monoisotopic (exact) mass is 400 g/mol. The number of rotatable bonds is 6. The Kier molecular flexibility index (Phi) is 5.79. The molecule has 3 aromatic rings. The number of pyridine rings is 1. The SMILES string of the molecule is Cc1cc(C)c(C)c(S(=O)(=O)N(Cc2ccsc2)Cc2ccccn2)c1C. The van der Waals surface area contributed by atoms with Crippen LogP contribution in [0.4, 0.5) is 0 Å². The van der Waals surface area contributed by atoms with E-state index in [0.29, 0.717) is 11.4 Å². The van der Waals surface area contributed by atoms with E-state index in [4.69, 9.17) is 0 Å². The molecule has 2 heterocycles. The highest BCUT2D eigenvalue weighted by Gasteiger charge is 2.29. The van der Waals surface area contributed by atoms with Crippen LogP contribution in [-0.4, -0.2) is 17.7 Å². The molecule has 0 fully saturated rings. The van der Waals surface area contributed by atoms with E-state index in [1.165, 1.54) is 4.31 Å². The molecule has 0 unspecified atom stereocenters. The van der Waals surface area contributed by atoms with Gasteiger partial charge in [0.2, 0.25) is 10.0 Å². The van der Waals surface area contributed by atoms with Crippen LogP contribution in [0.25, 0.3) is 0 Å². The van der Waals surface area contributed by atoms with Crippen LogP contribution in [-0.2, 0) is 23.1 Å². The fourth-order valence-electron chi connectivity index (χ4n) is 3.18. The third kappa shape index (κ3) is 4.13. The maximum absolute atomic E-state index is 13.7. The first kappa shape index (κ1) is 19.7. The molecule has 6 heteroatoms. The van der Waals surface area contributed by atoms with Crippen molar-refractivity contribution in [2.45, 2.75) is 45.7 Å². The summed E-state index contributed by atoms with van der Waals surface area (Å²) in [6.07, 6.45) is 1.69. The smallest absolute Gasteiger partial charge is 0.244 e. The van der Waals surface area contributed by atoms with Crippen LogP contribution in [0.15, 0.2) is 52.2 Å². The molecule has 2 aromatic heterocycles. The highest BCUT2D eigenvalue weighted by atomic mass is 32.2. The maximum Gasteiger partial charge on any atom is 0.244 e. The minimum atomic E-state index is -3.68. The largest absolute Gasteiger partial charge is 0.260 e. The van der Waals surface area contributed by atoms with E-state index in [1.54, 1.807) is 17.5 Å². The summed E-state index contributed by atoms with van der Waals surface area (Å²) in [5.41, 5.74) is 5.33. The zero-order valence-electron chi connectivity index (χ0n) is 16.1. The van der Waals surface area contributed by atoms with Crippen molar-refractivity contribution in [2.75, 3.05) is 0 Å². The van der Waals surface area contributed by atoms with Crippen LogP contribution in [0.3, 0.4) is 0 Å². The molecule has 1 aromatic carbocycles. The molecule has 0 aliphatic carbocycles. The zero-order valence-corrected chi connectivity index (χ0v) is 17.7. The van der Waals surface area contributed by atoms with Crippen molar-refractivity contribution < 1.29 is 8.42 Å². The first-order valence-corrected chi connectivity index (χ1v) is 11.2. The molecule has 0 bridgehead atoms. The summed E-state index contributed by atoms with van der Waals surface area (Å²) in [5, 5.41) is 3.95. The zero-order chi connectivity index (χ0) is 19.6. The van der Waals surface area contributed by atoms with Crippen molar-refractivity contribution in [1.29, 1.82) is 0 Å². The predicted octanol–water partition coefficient (Wildman–Crippen LogP) is 4.77. The molecular formula is C21H24N2O2S2. The van der Waals surface area contributed by atoms with Gasteiger partial charge in [-0.2, -0.15) is 15.6 Å². The lowest BCUT2D eigenvalue weighted by atomic mass is 10.0. The second-order valence-electron chi connectivity index (χ2n) is 6.82. The van der Waals surface area contributed by atoms with Crippen LogP contribution in [0.1, 0.15) is 33.5 Å². The second-order valence-corrected chi connectivity index (χ2v) is 9.47. The van der Waals surface area contributed by atoms with Gasteiger partial charge in [0.05, 0.1) is 17.1 Å². The van der Waals surface area contributed by atoms with Gasteiger partial charge in [0.1, 0.15) is 0 Å². The summed E-state index contributed by atoms with van der Waals surface area (Å²) in [7, 11) is -3.68. The Balaban J connectivity index is 2.10. The summed E-state index contributed by atoms with van der Waals surface area (Å²) in [6, 6.07) is 9.58. The Morgan fingerprint density at radius 1 is 1.00 bits per heavy atom. The Bertz CT molecular complexity index is 1000. The molecule has 3 rings (SSSR count). The van der Waals surface area contributed by atoms with Gasteiger partial charge in [-0.05, 0) is 84.5 Å². The predicted molar refractivity (Wildman–Crippen MR) is 110 cm³/mol. The number of hydrogen-bond donors (Lipinski definition) is 0. The average Bonchev–Trinajstić information content (AvgIpc) is 3.13. The highest BCUT2D eigenvalue weighted by molar-refractivity contribution is 7.89. The van der Waals surface area contributed by atoms with E-state index < -0.39 is 10.0 Å². The van der Waals surface area contributed by atoms with Crippen molar-refractivity contribution >= 4 is 21.4 Å². The molecule has 0 atom stereocenters. The van der Waals surface area contributed by atoms with E-state index in [-0.39, 0.29) is 6.54 Å². The summed E-state index contributed by atoms with van der Waals surface area (Å²) >= 11 is 1.57. The number of sulfonamides is 1. The molecule has 0 N–H and O–H groups in total. The Labute approximate surface area is 165 Å². The molecule has 4 nitrogen and oxygen atoms in total. The Morgan fingerprint density at radius 3 is 2.26 bits per heavy atom. The number of aryl methyl sites for hydroxylation is 2. The van der Waals surface area contributed by atoms with Gasteiger partial charge in [-0.1, -0.05) is 12.1 Å². The minimum absolute atomic E-state index is 0.241. The molecule has 142 valence electrons. The third-order valence-electron chi connectivity index (χ3n) is 4.90. The lowest BCUT2D eigenvalue weighted by Gasteiger charge is -2.25. The van der Waals surface area contributed by atoms with Crippen LogP contribution < -0.4 is 0 Å². The Morgan fingerprint density at radius 2 is 1.70 bits per heavy atom. The number of nitrogens with zero attached hydrogens (tertiary/aromatic N) is 2. The van der Waals surface area contributed by atoms with E-state index >= 15 is 0 Å². The molecule has 0 aliphatic heterocycles. The van der Waals surface area contributed by atoms with Gasteiger partial charge in [0.25, 0.3) is 0 Å². The highest BCUT2D eigenvalue weighted by Crippen LogP contribution is 2.30. The van der Waals surface area contributed by atoms with Gasteiger partial charge in [-0.3, -0.25) is 4.98 Å². The topological polar surface area (TPSA) is 50.3 Å². The lowest BCUT2D eigenvalue weighted by molar-refractivity contribution is 0.396. The summed E-state index contributed by atoms with van der Waals surface area (Å²) in [4.78, 5) is 4.75. The fourth-order valence-corrected chi connectivity index (χ4v) is 5.82. The molecule has 0 radical (unpaired) electrons. The quantitative estimate of drug-likeness (QED) is 0.599. The van der Waals surface area contributed by atoms with Gasteiger partial charge in [0.15, 0.2) is 0 Å².